The van der Waals surface area contributed by atoms with Crippen LogP contribution in [0.3, 0.4) is 0 Å². The molecule has 1 aliphatic rings. The second kappa shape index (κ2) is 8.28. The smallest absolute Gasteiger partial charge is 0.264 e. The summed E-state index contributed by atoms with van der Waals surface area (Å²) in [5.41, 5.74) is 2.92. The van der Waals surface area contributed by atoms with E-state index in [4.69, 9.17) is 0 Å². The fraction of sp³-hybridized carbons (Fsp3) is 0.217. The summed E-state index contributed by atoms with van der Waals surface area (Å²) in [4.78, 5) is 17.0. The zero-order valence-corrected chi connectivity index (χ0v) is 17.5. The van der Waals surface area contributed by atoms with Gasteiger partial charge in [-0.05, 0) is 67.8 Å². The average Bonchev–Trinajstić information content (AvgIpc) is 2.79. The SMILES string of the molecule is C[C@@H](NC(=O)c1ccc(S(=O)(=O)N2CCCc3ccccc32)cc1)c1ccccn1. The first kappa shape index (κ1) is 20.1. The summed E-state index contributed by atoms with van der Waals surface area (Å²) in [7, 11) is -3.69. The van der Waals surface area contributed by atoms with E-state index >= 15 is 0 Å². The van der Waals surface area contributed by atoms with Gasteiger partial charge < -0.3 is 5.32 Å². The number of aromatic nitrogens is 1. The van der Waals surface area contributed by atoms with Gasteiger partial charge >= 0.3 is 0 Å². The molecule has 30 heavy (non-hydrogen) atoms. The Kier molecular flexibility index (Phi) is 5.55. The molecule has 0 aliphatic carbocycles. The van der Waals surface area contributed by atoms with E-state index in [1.165, 1.54) is 16.4 Å². The molecule has 1 atom stereocenters. The predicted molar refractivity (Wildman–Crippen MR) is 116 cm³/mol. The molecule has 1 aliphatic heterocycles. The van der Waals surface area contributed by atoms with Crippen LogP contribution in [0.15, 0.2) is 77.8 Å². The van der Waals surface area contributed by atoms with Gasteiger partial charge in [0.1, 0.15) is 0 Å². The number of nitrogens with one attached hydrogen (secondary N) is 1. The first-order valence-corrected chi connectivity index (χ1v) is 11.3. The first-order chi connectivity index (χ1) is 14.5. The van der Waals surface area contributed by atoms with Gasteiger partial charge in [-0.1, -0.05) is 24.3 Å². The van der Waals surface area contributed by atoms with Crippen molar-refractivity contribution in [3.8, 4) is 0 Å². The van der Waals surface area contributed by atoms with Gasteiger partial charge in [0.15, 0.2) is 0 Å². The fourth-order valence-corrected chi connectivity index (χ4v) is 5.18. The van der Waals surface area contributed by atoms with Crippen molar-refractivity contribution in [1.82, 2.24) is 10.3 Å². The third-order valence-corrected chi connectivity index (χ3v) is 7.08. The van der Waals surface area contributed by atoms with Crippen LogP contribution in [-0.4, -0.2) is 25.9 Å². The number of nitrogens with zero attached hydrogens (tertiary/aromatic N) is 2. The number of para-hydroxylation sites is 1. The van der Waals surface area contributed by atoms with E-state index in [1.807, 2.05) is 49.4 Å². The number of hydrogen-bond donors (Lipinski definition) is 1. The quantitative estimate of drug-likeness (QED) is 0.681. The van der Waals surface area contributed by atoms with Crippen LogP contribution < -0.4 is 9.62 Å². The van der Waals surface area contributed by atoms with Crippen molar-refractivity contribution in [2.24, 2.45) is 0 Å². The van der Waals surface area contributed by atoms with Gasteiger partial charge in [-0.2, -0.15) is 0 Å². The van der Waals surface area contributed by atoms with Crippen molar-refractivity contribution < 1.29 is 13.2 Å². The molecular formula is C23H23N3O3S. The van der Waals surface area contributed by atoms with Crippen molar-refractivity contribution >= 4 is 21.6 Å². The van der Waals surface area contributed by atoms with Crippen LogP contribution in [0, 0.1) is 0 Å². The van der Waals surface area contributed by atoms with Crippen LogP contribution in [0.4, 0.5) is 5.69 Å². The summed E-state index contributed by atoms with van der Waals surface area (Å²) >= 11 is 0. The summed E-state index contributed by atoms with van der Waals surface area (Å²) in [6.07, 6.45) is 3.33. The van der Waals surface area contributed by atoms with E-state index in [-0.39, 0.29) is 16.8 Å². The van der Waals surface area contributed by atoms with Gasteiger partial charge in [-0.3, -0.25) is 14.1 Å². The lowest BCUT2D eigenvalue weighted by Gasteiger charge is -2.30. The van der Waals surface area contributed by atoms with Crippen molar-refractivity contribution in [1.29, 1.82) is 0 Å². The molecule has 154 valence electrons. The number of carbonyl (C=O) groups is 1. The average molecular weight is 422 g/mol. The van der Waals surface area contributed by atoms with Gasteiger partial charge in [0, 0.05) is 18.3 Å². The Bertz CT molecular complexity index is 1150. The minimum absolute atomic E-state index is 0.175. The van der Waals surface area contributed by atoms with E-state index in [0.717, 1.165) is 29.8 Å². The number of anilines is 1. The Labute approximate surface area is 176 Å². The number of amides is 1. The lowest BCUT2D eigenvalue weighted by molar-refractivity contribution is 0.0939. The monoisotopic (exact) mass is 421 g/mol. The van der Waals surface area contributed by atoms with Gasteiger partial charge in [-0.25, -0.2) is 8.42 Å². The molecule has 2 heterocycles. The molecule has 0 spiro atoms. The highest BCUT2D eigenvalue weighted by atomic mass is 32.2. The summed E-state index contributed by atoms with van der Waals surface area (Å²) in [6, 6.07) is 18.9. The highest BCUT2D eigenvalue weighted by Crippen LogP contribution is 2.31. The maximum atomic E-state index is 13.2. The van der Waals surface area contributed by atoms with Crippen molar-refractivity contribution in [3.05, 3.63) is 89.7 Å². The molecule has 0 radical (unpaired) electrons. The maximum absolute atomic E-state index is 13.2. The van der Waals surface area contributed by atoms with Gasteiger partial charge in [0.25, 0.3) is 15.9 Å². The maximum Gasteiger partial charge on any atom is 0.264 e. The lowest BCUT2D eigenvalue weighted by atomic mass is 10.0. The minimum atomic E-state index is -3.69. The van der Waals surface area contributed by atoms with E-state index < -0.39 is 10.0 Å². The Morgan fingerprint density at radius 2 is 1.77 bits per heavy atom. The summed E-state index contributed by atoms with van der Waals surface area (Å²) < 4.78 is 27.9. The van der Waals surface area contributed by atoms with Crippen LogP contribution in [-0.2, 0) is 16.4 Å². The van der Waals surface area contributed by atoms with Gasteiger partial charge in [0.2, 0.25) is 0 Å². The summed E-state index contributed by atoms with van der Waals surface area (Å²) in [5.74, 6) is -0.277. The van der Waals surface area contributed by atoms with Gasteiger partial charge in [-0.15, -0.1) is 0 Å². The van der Waals surface area contributed by atoms with Crippen LogP contribution in [0.5, 0.6) is 0 Å². The zero-order valence-electron chi connectivity index (χ0n) is 16.7. The Morgan fingerprint density at radius 3 is 2.50 bits per heavy atom. The summed E-state index contributed by atoms with van der Waals surface area (Å²) in [6.45, 7) is 2.30. The molecule has 0 saturated carbocycles. The molecular weight excluding hydrogens is 398 g/mol. The normalized spacial score (nSPS) is 14.6. The molecule has 0 fully saturated rings. The van der Waals surface area contributed by atoms with E-state index in [1.54, 1.807) is 18.3 Å². The lowest BCUT2D eigenvalue weighted by Crippen LogP contribution is -2.35. The fourth-order valence-electron chi connectivity index (χ4n) is 3.64. The number of benzene rings is 2. The number of hydrogen-bond acceptors (Lipinski definition) is 4. The second-order valence-corrected chi connectivity index (χ2v) is 9.15. The van der Waals surface area contributed by atoms with Crippen LogP contribution in [0.2, 0.25) is 0 Å². The van der Waals surface area contributed by atoms with Crippen LogP contribution in [0.25, 0.3) is 0 Å². The van der Waals surface area contributed by atoms with E-state index in [9.17, 15) is 13.2 Å². The van der Waals surface area contributed by atoms with Crippen LogP contribution in [0.1, 0.15) is 41.0 Å². The molecule has 0 bridgehead atoms. The number of sulfonamides is 1. The third-order valence-electron chi connectivity index (χ3n) is 5.25. The number of pyridine rings is 1. The third kappa shape index (κ3) is 3.93. The number of aryl methyl sites for hydroxylation is 1. The molecule has 1 N–H and O–H groups in total. The standard InChI is InChI=1S/C23H23N3O3S/c1-17(21-9-4-5-15-24-21)25-23(27)19-11-13-20(14-12-19)30(28,29)26-16-6-8-18-7-2-3-10-22(18)26/h2-5,7,9-15,17H,6,8,16H2,1H3,(H,25,27)/t17-/m1/s1. The number of fused-ring (bicyclic) bond motifs is 1. The molecule has 1 amide bonds. The predicted octanol–water partition coefficient (Wildman–Crippen LogP) is 3.71. The topological polar surface area (TPSA) is 79.4 Å². The molecule has 7 heteroatoms. The number of carbonyl (C=O) groups excluding carboxylic acids is 1. The molecule has 0 unspecified atom stereocenters. The minimum Gasteiger partial charge on any atom is -0.344 e. The Morgan fingerprint density at radius 1 is 1.03 bits per heavy atom. The second-order valence-electron chi connectivity index (χ2n) is 7.28. The largest absolute Gasteiger partial charge is 0.344 e. The molecule has 2 aromatic carbocycles. The van der Waals surface area contributed by atoms with Crippen LogP contribution >= 0.6 is 0 Å². The van der Waals surface area contributed by atoms with Gasteiger partial charge in [0.05, 0.1) is 22.3 Å². The molecule has 4 rings (SSSR count). The highest BCUT2D eigenvalue weighted by molar-refractivity contribution is 7.92. The van der Waals surface area contributed by atoms with E-state index in [0.29, 0.717) is 12.1 Å². The number of rotatable bonds is 5. The molecule has 1 aromatic heterocycles. The van der Waals surface area contributed by atoms with Crippen molar-refractivity contribution in [2.45, 2.75) is 30.7 Å². The first-order valence-electron chi connectivity index (χ1n) is 9.89. The van der Waals surface area contributed by atoms with Crippen molar-refractivity contribution in [3.63, 3.8) is 0 Å². The Hall–Kier alpha value is -3.19. The van der Waals surface area contributed by atoms with E-state index in [2.05, 4.69) is 10.3 Å². The molecule has 3 aromatic rings. The molecule has 0 saturated heterocycles. The summed E-state index contributed by atoms with van der Waals surface area (Å²) in [5, 5.41) is 2.89. The Balaban J connectivity index is 1.53. The molecule has 6 nitrogen and oxygen atoms in total. The zero-order chi connectivity index (χ0) is 21.1. The highest BCUT2D eigenvalue weighted by Gasteiger charge is 2.29. The van der Waals surface area contributed by atoms with Crippen molar-refractivity contribution in [2.75, 3.05) is 10.8 Å².